The van der Waals surface area contributed by atoms with Gasteiger partial charge in [-0.15, -0.1) is 19.6 Å². The summed E-state index contributed by atoms with van der Waals surface area (Å²) in [5, 5.41) is 9.03. The molecule has 0 atom stereocenters. The molecule has 6 nitrogen and oxygen atoms in total. The molecule has 0 aliphatic rings. The summed E-state index contributed by atoms with van der Waals surface area (Å²) in [5.74, 6) is 0. The molecule has 0 spiro atoms. The number of hydrogen-bond donors (Lipinski definition) is 3. The molecule has 7 heteroatoms. The van der Waals surface area contributed by atoms with Crippen LogP contribution in [0, 0.1) is 6.42 Å². The van der Waals surface area contributed by atoms with E-state index in [1.807, 2.05) is 41.0 Å². The summed E-state index contributed by atoms with van der Waals surface area (Å²) in [6, 6.07) is 0. The Labute approximate surface area is 155 Å². The molecule has 0 aliphatic heterocycles. The van der Waals surface area contributed by atoms with Crippen LogP contribution in [0.2, 0.25) is 0 Å². The molecule has 0 heterocycles. The van der Waals surface area contributed by atoms with Crippen LogP contribution in [0.5, 0.6) is 0 Å². The maximum absolute atomic E-state index is 6.64. The van der Waals surface area contributed by atoms with Crippen molar-refractivity contribution in [2.75, 3.05) is 58.9 Å². The third kappa shape index (κ3) is 86.5. The van der Waals surface area contributed by atoms with Crippen LogP contribution in [0.4, 0.5) is 0 Å². The molecule has 0 saturated carbocycles. The maximum Gasteiger partial charge on any atom is 4.00 e. The molecule has 134 valence electrons. The van der Waals surface area contributed by atoms with Crippen LogP contribution in [-0.4, -0.2) is 58.9 Å². The van der Waals surface area contributed by atoms with Gasteiger partial charge in [-0.05, 0) is 39.3 Å². The molecule has 0 unspecified atom stereocenters. The average molecular weight is 352 g/mol. The van der Waals surface area contributed by atoms with E-state index in [1.165, 1.54) is 0 Å². The van der Waals surface area contributed by atoms with Crippen LogP contribution >= 0.6 is 0 Å². The van der Waals surface area contributed by atoms with Crippen molar-refractivity contribution in [2.45, 2.75) is 34.6 Å². The Morgan fingerprint density at radius 1 is 0.636 bits per heavy atom. The molecule has 0 aromatic rings. The van der Waals surface area contributed by atoms with Crippen molar-refractivity contribution in [2.24, 2.45) is 0 Å². The van der Waals surface area contributed by atoms with E-state index in [0.29, 0.717) is 19.6 Å². The van der Waals surface area contributed by atoms with Gasteiger partial charge in [0.15, 0.2) is 0 Å². The van der Waals surface area contributed by atoms with Crippen molar-refractivity contribution in [3.8, 4) is 0 Å². The van der Waals surface area contributed by atoms with E-state index >= 15 is 0 Å². The van der Waals surface area contributed by atoms with Gasteiger partial charge in [-0.25, -0.2) is 0 Å². The molecule has 0 radical (unpaired) electrons. The minimum atomic E-state index is 0. The molecule has 22 heavy (non-hydrogen) atoms. The standard InChI is InChI=1S/3C4H11N2.C3H7.Ti/c3*1-2-6-4-3-5;1-3-2;/h3*5-6H,2-4H2,1H3;3H,1-2H3;/q4*-1;+4. The minimum Gasteiger partial charge on any atom is -0.676 e. The first-order chi connectivity index (χ1) is 10.2. The largest absolute Gasteiger partial charge is 4.00 e. The van der Waals surface area contributed by atoms with Crippen molar-refractivity contribution >= 4 is 0 Å². The van der Waals surface area contributed by atoms with Gasteiger partial charge in [-0.3, -0.25) is 0 Å². The van der Waals surface area contributed by atoms with Gasteiger partial charge in [0.25, 0.3) is 0 Å². The Hall–Kier alpha value is 0.474. The summed E-state index contributed by atoms with van der Waals surface area (Å²) >= 11 is 0. The zero-order valence-corrected chi connectivity index (χ0v) is 17.0. The summed E-state index contributed by atoms with van der Waals surface area (Å²) in [5.41, 5.74) is 19.9. The van der Waals surface area contributed by atoms with E-state index in [9.17, 15) is 0 Å². The summed E-state index contributed by atoms with van der Waals surface area (Å²) < 4.78 is 0. The fourth-order valence-corrected chi connectivity index (χ4v) is 0.795. The second-order valence-corrected chi connectivity index (χ2v) is 3.89. The van der Waals surface area contributed by atoms with Crippen molar-refractivity contribution in [1.29, 1.82) is 0 Å². The van der Waals surface area contributed by atoms with Crippen LogP contribution in [0.3, 0.4) is 0 Å². The minimum absolute atomic E-state index is 0. The van der Waals surface area contributed by atoms with Gasteiger partial charge < -0.3 is 39.6 Å². The first-order valence-electron chi connectivity index (χ1n) is 7.96. The Balaban J connectivity index is -0.0000000591. The predicted molar refractivity (Wildman–Crippen MR) is 98.8 cm³/mol. The molecule has 0 aliphatic carbocycles. The molecule has 0 aromatic heterocycles. The van der Waals surface area contributed by atoms with Crippen molar-refractivity contribution < 1.29 is 21.7 Å². The van der Waals surface area contributed by atoms with Gasteiger partial charge in [0.2, 0.25) is 0 Å². The van der Waals surface area contributed by atoms with Crippen LogP contribution in [-0.2, 0) is 21.7 Å². The third-order valence-electron chi connectivity index (χ3n) is 1.66. The van der Waals surface area contributed by atoms with Crippen LogP contribution < -0.4 is 16.0 Å². The van der Waals surface area contributed by atoms with E-state index in [4.69, 9.17) is 17.2 Å². The van der Waals surface area contributed by atoms with Gasteiger partial charge in [-0.1, -0.05) is 20.8 Å². The van der Waals surface area contributed by atoms with Gasteiger partial charge >= 0.3 is 21.7 Å². The maximum atomic E-state index is 6.64. The smallest absolute Gasteiger partial charge is 0.676 e. The molecule has 0 bridgehead atoms. The second kappa shape index (κ2) is 49.6. The van der Waals surface area contributed by atoms with Gasteiger partial charge in [0.1, 0.15) is 0 Å². The summed E-state index contributed by atoms with van der Waals surface area (Å²) in [7, 11) is 0. The fourth-order valence-electron chi connectivity index (χ4n) is 0.795. The van der Waals surface area contributed by atoms with E-state index in [0.717, 1.165) is 39.3 Å². The summed E-state index contributed by atoms with van der Waals surface area (Å²) in [6.45, 7) is 17.0. The summed E-state index contributed by atoms with van der Waals surface area (Å²) in [6.07, 6.45) is 2.00. The monoisotopic (exact) mass is 352 g/mol. The number of likely N-dealkylation sites (N-methyl/N-ethyl adjacent to an activating group) is 3. The fraction of sp³-hybridized carbons (Fsp3) is 0.933. The van der Waals surface area contributed by atoms with E-state index in [-0.39, 0.29) is 21.7 Å². The van der Waals surface area contributed by atoms with Crippen LogP contribution in [0.1, 0.15) is 34.6 Å². The zero-order chi connectivity index (χ0) is 17.2. The van der Waals surface area contributed by atoms with Crippen LogP contribution in [0.25, 0.3) is 17.2 Å². The van der Waals surface area contributed by atoms with Crippen molar-refractivity contribution in [1.82, 2.24) is 16.0 Å². The first kappa shape index (κ1) is 33.9. The molecule has 0 saturated heterocycles. The average Bonchev–Trinajstić information content (AvgIpc) is 2.51. The molecule has 0 amide bonds. The first-order valence-corrected chi connectivity index (χ1v) is 7.96. The molecular formula is C15H40N6Ti. The predicted octanol–water partition coefficient (Wildman–Crippen LogP) is 3.17. The molecule has 0 fully saturated rings. The quantitative estimate of drug-likeness (QED) is 0.337. The van der Waals surface area contributed by atoms with Gasteiger partial charge in [0.05, 0.1) is 0 Å². The Morgan fingerprint density at radius 2 is 0.818 bits per heavy atom. The van der Waals surface area contributed by atoms with E-state index < -0.39 is 0 Å². The number of nitrogens with one attached hydrogen (secondary N) is 6. The van der Waals surface area contributed by atoms with Gasteiger partial charge in [0, 0.05) is 0 Å². The topological polar surface area (TPSA) is 107 Å². The van der Waals surface area contributed by atoms with Crippen LogP contribution in [0.15, 0.2) is 0 Å². The third-order valence-corrected chi connectivity index (χ3v) is 1.66. The second-order valence-electron chi connectivity index (χ2n) is 3.89. The Bertz CT molecular complexity index is 89.2. The molecular weight excluding hydrogens is 312 g/mol. The SMILES string of the molecule is CCNCC[NH-].CCNCC[NH-].CCNCC[NH-].C[CH-]C.[Ti+4]. The van der Waals surface area contributed by atoms with E-state index in [1.54, 1.807) is 0 Å². The Kier molecular flexibility index (Phi) is 76.5. The molecule has 0 rings (SSSR count). The number of rotatable bonds is 9. The zero-order valence-electron chi connectivity index (χ0n) is 15.4. The normalized spacial score (nSPS) is 8.18. The molecule has 6 N–H and O–H groups in total. The summed E-state index contributed by atoms with van der Waals surface area (Å²) in [4.78, 5) is 0. The Morgan fingerprint density at radius 3 is 0.864 bits per heavy atom. The van der Waals surface area contributed by atoms with Crippen molar-refractivity contribution in [3.05, 3.63) is 23.6 Å². The van der Waals surface area contributed by atoms with E-state index in [2.05, 4.69) is 16.0 Å². The van der Waals surface area contributed by atoms with Crippen molar-refractivity contribution in [3.63, 3.8) is 0 Å². The van der Waals surface area contributed by atoms with Gasteiger partial charge in [-0.2, -0.15) is 13.8 Å². The molecule has 0 aromatic carbocycles. The number of hydrogen-bond acceptors (Lipinski definition) is 3.